The van der Waals surface area contributed by atoms with Gasteiger partial charge in [0.05, 0.1) is 6.26 Å². The Morgan fingerprint density at radius 1 is 1.36 bits per heavy atom. The molecule has 2 rings (SSSR count). The summed E-state index contributed by atoms with van der Waals surface area (Å²) in [5.74, 6) is 0.556. The first kappa shape index (κ1) is 9.06. The van der Waals surface area contributed by atoms with Gasteiger partial charge in [0.25, 0.3) is 0 Å². The number of anilines is 1. The summed E-state index contributed by atoms with van der Waals surface area (Å²) < 4.78 is 5.44. The lowest BCUT2D eigenvalue weighted by Gasteiger charge is -2.20. The number of nitrogens with two attached hydrogens (primary N) is 1. The van der Waals surface area contributed by atoms with Crippen LogP contribution in [0.5, 0.6) is 0 Å². The van der Waals surface area contributed by atoms with Gasteiger partial charge in [-0.15, -0.1) is 0 Å². The molecule has 0 aliphatic heterocycles. The molecule has 0 aliphatic carbocycles. The van der Waals surface area contributed by atoms with Crippen molar-refractivity contribution >= 4 is 16.8 Å². The monoisotopic (exact) mass is 190 g/mol. The molecule has 0 saturated carbocycles. The molecule has 0 amide bonds. The Morgan fingerprint density at radius 2 is 2.07 bits per heavy atom. The van der Waals surface area contributed by atoms with Crippen molar-refractivity contribution in [3.63, 3.8) is 0 Å². The lowest BCUT2D eigenvalue weighted by molar-refractivity contribution is 0.559. The summed E-state index contributed by atoms with van der Waals surface area (Å²) in [5.41, 5.74) is 7.65. The summed E-state index contributed by atoms with van der Waals surface area (Å²) in [4.78, 5) is 4.16. The second kappa shape index (κ2) is 2.74. The van der Waals surface area contributed by atoms with E-state index in [2.05, 4.69) is 25.8 Å². The summed E-state index contributed by atoms with van der Waals surface area (Å²) in [6, 6.07) is 1.90. The van der Waals surface area contributed by atoms with Gasteiger partial charge >= 0.3 is 0 Å². The molecule has 2 aromatic rings. The number of pyridine rings is 1. The minimum atomic E-state index is -0.0472. The quantitative estimate of drug-likeness (QED) is 0.694. The zero-order valence-electron chi connectivity index (χ0n) is 8.66. The number of nitrogens with zero attached hydrogens (tertiary/aromatic N) is 1. The molecule has 0 fully saturated rings. The molecule has 3 nitrogen and oxygen atoms in total. The zero-order chi connectivity index (χ0) is 10.3. The summed E-state index contributed by atoms with van der Waals surface area (Å²) in [6.07, 6.45) is 3.41. The van der Waals surface area contributed by atoms with Crippen molar-refractivity contribution in [2.45, 2.75) is 26.2 Å². The molecule has 3 heteroatoms. The van der Waals surface area contributed by atoms with Gasteiger partial charge in [-0.05, 0) is 11.5 Å². The van der Waals surface area contributed by atoms with E-state index in [-0.39, 0.29) is 5.41 Å². The van der Waals surface area contributed by atoms with Crippen LogP contribution in [0.25, 0.3) is 11.0 Å². The van der Waals surface area contributed by atoms with Crippen LogP contribution in [0.4, 0.5) is 5.82 Å². The van der Waals surface area contributed by atoms with E-state index < -0.39 is 0 Å². The predicted octanol–water partition coefficient (Wildman–Crippen LogP) is 2.71. The summed E-state index contributed by atoms with van der Waals surface area (Å²) in [6.45, 7) is 6.30. The standard InChI is InChI=1S/C11H14N2O/c1-11(2,3)8-9-7(4-5-14-9)6-13-10(8)12/h4-6H,1-3H3,(H2,12,13). The van der Waals surface area contributed by atoms with E-state index >= 15 is 0 Å². The minimum Gasteiger partial charge on any atom is -0.464 e. The normalized spacial score (nSPS) is 12.2. The molecule has 0 unspecified atom stereocenters. The highest BCUT2D eigenvalue weighted by Gasteiger charge is 2.22. The Labute approximate surface area is 82.9 Å². The van der Waals surface area contributed by atoms with E-state index in [1.807, 2.05) is 6.07 Å². The maximum atomic E-state index is 5.86. The lowest BCUT2D eigenvalue weighted by Crippen LogP contribution is -2.15. The van der Waals surface area contributed by atoms with Gasteiger partial charge in [0.2, 0.25) is 0 Å². The van der Waals surface area contributed by atoms with Crippen LogP contribution in [0, 0.1) is 0 Å². The first-order valence-corrected chi connectivity index (χ1v) is 4.62. The number of fused-ring (bicyclic) bond motifs is 1. The number of nitrogen functional groups attached to an aromatic ring is 1. The summed E-state index contributed by atoms with van der Waals surface area (Å²) in [7, 11) is 0. The first-order chi connectivity index (χ1) is 6.50. The van der Waals surface area contributed by atoms with Crippen LogP contribution in [-0.2, 0) is 5.41 Å². The Kier molecular flexibility index (Phi) is 1.77. The average molecular weight is 190 g/mol. The fourth-order valence-electron chi connectivity index (χ4n) is 1.67. The van der Waals surface area contributed by atoms with Crippen molar-refractivity contribution in [3.8, 4) is 0 Å². The van der Waals surface area contributed by atoms with Crippen LogP contribution in [0.3, 0.4) is 0 Å². The summed E-state index contributed by atoms with van der Waals surface area (Å²) in [5, 5.41) is 1.00. The maximum Gasteiger partial charge on any atom is 0.142 e. The number of aromatic nitrogens is 1. The highest BCUT2D eigenvalue weighted by molar-refractivity contribution is 5.83. The van der Waals surface area contributed by atoms with E-state index in [1.54, 1.807) is 12.5 Å². The predicted molar refractivity (Wildman–Crippen MR) is 57.1 cm³/mol. The van der Waals surface area contributed by atoms with Gasteiger partial charge in [-0.1, -0.05) is 20.8 Å². The molecule has 14 heavy (non-hydrogen) atoms. The highest BCUT2D eigenvalue weighted by Crippen LogP contribution is 2.33. The van der Waals surface area contributed by atoms with Crippen molar-refractivity contribution in [2.24, 2.45) is 0 Å². The van der Waals surface area contributed by atoms with E-state index in [4.69, 9.17) is 10.2 Å². The van der Waals surface area contributed by atoms with Crippen LogP contribution in [0.15, 0.2) is 22.9 Å². The summed E-state index contributed by atoms with van der Waals surface area (Å²) >= 11 is 0. The van der Waals surface area contributed by atoms with Crippen LogP contribution >= 0.6 is 0 Å². The zero-order valence-corrected chi connectivity index (χ0v) is 8.66. The van der Waals surface area contributed by atoms with Crippen molar-refractivity contribution < 1.29 is 4.42 Å². The molecule has 0 spiro atoms. The Balaban J connectivity index is 2.83. The number of hydrogen-bond donors (Lipinski definition) is 1. The third kappa shape index (κ3) is 1.25. The van der Waals surface area contributed by atoms with Crippen LogP contribution in [0.1, 0.15) is 26.3 Å². The fraction of sp³-hybridized carbons (Fsp3) is 0.364. The molecule has 2 heterocycles. The second-order valence-corrected chi connectivity index (χ2v) is 4.47. The average Bonchev–Trinajstić information content (AvgIpc) is 2.48. The van der Waals surface area contributed by atoms with Gasteiger partial charge in [0.15, 0.2) is 0 Å². The van der Waals surface area contributed by atoms with Crippen molar-refractivity contribution in [3.05, 3.63) is 24.1 Å². The van der Waals surface area contributed by atoms with Crippen LogP contribution < -0.4 is 5.73 Å². The SMILES string of the molecule is CC(C)(C)c1c(N)ncc2ccoc12. The van der Waals surface area contributed by atoms with E-state index in [0.29, 0.717) is 5.82 Å². The molecule has 0 aliphatic rings. The maximum absolute atomic E-state index is 5.86. The Hall–Kier alpha value is -1.51. The first-order valence-electron chi connectivity index (χ1n) is 4.62. The molecule has 0 radical (unpaired) electrons. The van der Waals surface area contributed by atoms with Gasteiger partial charge in [-0.25, -0.2) is 4.98 Å². The number of furan rings is 1. The van der Waals surface area contributed by atoms with E-state index in [9.17, 15) is 0 Å². The second-order valence-electron chi connectivity index (χ2n) is 4.47. The van der Waals surface area contributed by atoms with Gasteiger partial charge in [0.1, 0.15) is 11.4 Å². The topological polar surface area (TPSA) is 52.0 Å². The van der Waals surface area contributed by atoms with Crippen LogP contribution in [-0.4, -0.2) is 4.98 Å². The van der Waals surface area contributed by atoms with Crippen molar-refractivity contribution in [1.82, 2.24) is 4.98 Å². The Morgan fingerprint density at radius 3 is 2.71 bits per heavy atom. The number of rotatable bonds is 0. The van der Waals surface area contributed by atoms with Gasteiger partial charge in [0, 0.05) is 17.1 Å². The van der Waals surface area contributed by atoms with E-state index in [0.717, 1.165) is 16.5 Å². The molecular weight excluding hydrogens is 176 g/mol. The van der Waals surface area contributed by atoms with Gasteiger partial charge < -0.3 is 10.2 Å². The number of hydrogen-bond acceptors (Lipinski definition) is 3. The minimum absolute atomic E-state index is 0.0472. The van der Waals surface area contributed by atoms with Crippen molar-refractivity contribution in [1.29, 1.82) is 0 Å². The molecule has 2 N–H and O–H groups in total. The van der Waals surface area contributed by atoms with Gasteiger partial charge in [-0.2, -0.15) is 0 Å². The molecule has 0 atom stereocenters. The fourth-order valence-corrected chi connectivity index (χ4v) is 1.67. The molecule has 0 saturated heterocycles. The molecule has 74 valence electrons. The molecule has 2 aromatic heterocycles. The molecule has 0 aromatic carbocycles. The highest BCUT2D eigenvalue weighted by atomic mass is 16.3. The van der Waals surface area contributed by atoms with Gasteiger partial charge in [-0.3, -0.25) is 0 Å². The Bertz CT molecular complexity index is 466. The molecule has 0 bridgehead atoms. The van der Waals surface area contributed by atoms with Crippen LogP contribution in [0.2, 0.25) is 0 Å². The molecular formula is C11H14N2O. The smallest absolute Gasteiger partial charge is 0.142 e. The van der Waals surface area contributed by atoms with E-state index in [1.165, 1.54) is 0 Å². The third-order valence-electron chi connectivity index (χ3n) is 2.27. The third-order valence-corrected chi connectivity index (χ3v) is 2.27. The largest absolute Gasteiger partial charge is 0.464 e. The van der Waals surface area contributed by atoms with Crippen molar-refractivity contribution in [2.75, 3.05) is 5.73 Å². The lowest BCUT2D eigenvalue weighted by atomic mass is 9.86.